The largest absolute Gasteiger partial charge is 0.309 e. The summed E-state index contributed by atoms with van der Waals surface area (Å²) < 4.78 is 7.47. The molecular weight excluding hydrogens is 733 g/mol. The predicted molar refractivity (Wildman–Crippen MR) is 242 cm³/mol. The molecule has 4 nitrogen and oxygen atoms in total. The molecule has 0 spiro atoms. The van der Waals surface area contributed by atoms with Gasteiger partial charge in [-0.2, -0.15) is 0 Å². The van der Waals surface area contributed by atoms with Crippen LogP contribution in [-0.2, 0) is 0 Å². The van der Waals surface area contributed by atoms with Crippen LogP contribution in [0.15, 0.2) is 182 Å². The highest BCUT2D eigenvalue weighted by molar-refractivity contribution is 7.26. The Morgan fingerprint density at radius 3 is 1.63 bits per heavy atom. The van der Waals surface area contributed by atoms with Gasteiger partial charge in [0.15, 0.2) is 17.5 Å². The standard InChI is InChI=1S/C51H30N4S2/c1-2-13-31(14-3-1)49-52-50(54-51(53-49)40-21-12-26-46-48(40)39-19-6-9-24-44(39)57-46)33-15-10-16-34(29-33)55-41-22-7-4-17-36(41)37-28-27-32(30-42(37)55)35-20-11-25-45-47(35)38-18-5-8-23-43(38)56-45/h1-30H. The molecule has 0 aliphatic heterocycles. The van der Waals surface area contributed by atoms with E-state index < -0.39 is 0 Å². The number of hydrogen-bond acceptors (Lipinski definition) is 5. The third kappa shape index (κ3) is 5.15. The number of para-hydroxylation sites is 1. The number of rotatable bonds is 5. The van der Waals surface area contributed by atoms with Gasteiger partial charge in [0.05, 0.1) is 11.0 Å². The number of fused-ring (bicyclic) bond motifs is 9. The third-order valence-corrected chi connectivity index (χ3v) is 13.3. The van der Waals surface area contributed by atoms with Gasteiger partial charge in [-0.25, -0.2) is 15.0 Å². The SMILES string of the molecule is c1ccc(-c2nc(-c3cccc(-n4c5ccccc5c5ccc(-c6cccc7sc8ccccc8c67)cc54)c3)nc(-c3cccc4sc5ccccc5c34)n2)cc1. The average Bonchev–Trinajstić information content (AvgIpc) is 3.96. The number of aromatic nitrogens is 4. The molecule has 0 saturated carbocycles. The Labute approximate surface area is 335 Å². The van der Waals surface area contributed by atoms with Crippen molar-refractivity contribution >= 4 is 84.8 Å². The Morgan fingerprint density at radius 1 is 0.333 bits per heavy atom. The molecule has 0 fully saturated rings. The van der Waals surface area contributed by atoms with Crippen molar-refractivity contribution in [3.63, 3.8) is 0 Å². The van der Waals surface area contributed by atoms with Crippen molar-refractivity contribution in [3.8, 4) is 51.0 Å². The monoisotopic (exact) mass is 762 g/mol. The Bertz CT molecular complexity index is 3540. The Hall–Kier alpha value is -6.99. The summed E-state index contributed by atoms with van der Waals surface area (Å²) in [5.41, 5.74) is 8.67. The smallest absolute Gasteiger partial charge is 0.164 e. The summed E-state index contributed by atoms with van der Waals surface area (Å²) >= 11 is 3.66. The first-order chi connectivity index (χ1) is 28.2. The first kappa shape index (κ1) is 32.3. The van der Waals surface area contributed by atoms with Crippen molar-refractivity contribution in [2.45, 2.75) is 0 Å². The van der Waals surface area contributed by atoms with Gasteiger partial charge in [0, 0.05) is 73.5 Å². The van der Waals surface area contributed by atoms with Crippen molar-refractivity contribution in [1.29, 1.82) is 0 Å². The lowest BCUT2D eigenvalue weighted by Gasteiger charge is -2.12. The molecule has 8 aromatic carbocycles. The fourth-order valence-corrected chi connectivity index (χ4v) is 10.8. The van der Waals surface area contributed by atoms with E-state index >= 15 is 0 Å². The van der Waals surface area contributed by atoms with Gasteiger partial charge in [-0.1, -0.05) is 133 Å². The van der Waals surface area contributed by atoms with Gasteiger partial charge in [-0.15, -0.1) is 22.7 Å². The minimum Gasteiger partial charge on any atom is -0.309 e. The number of thiophene rings is 2. The van der Waals surface area contributed by atoms with Crippen LogP contribution in [0.4, 0.5) is 0 Å². The van der Waals surface area contributed by atoms with Crippen LogP contribution < -0.4 is 0 Å². The van der Waals surface area contributed by atoms with Crippen molar-refractivity contribution in [2.24, 2.45) is 0 Å². The molecule has 12 rings (SSSR count). The van der Waals surface area contributed by atoms with E-state index in [9.17, 15) is 0 Å². The lowest BCUT2D eigenvalue weighted by atomic mass is 9.98. The maximum atomic E-state index is 5.26. The van der Waals surface area contributed by atoms with E-state index in [4.69, 9.17) is 15.0 Å². The van der Waals surface area contributed by atoms with Crippen LogP contribution in [-0.4, -0.2) is 19.5 Å². The molecule has 266 valence electrons. The molecule has 57 heavy (non-hydrogen) atoms. The van der Waals surface area contributed by atoms with E-state index in [1.807, 2.05) is 29.5 Å². The second-order valence-corrected chi connectivity index (χ2v) is 16.5. The molecule has 0 aliphatic rings. The Kier molecular flexibility index (Phi) is 7.24. The highest BCUT2D eigenvalue weighted by Gasteiger charge is 2.19. The summed E-state index contributed by atoms with van der Waals surface area (Å²) in [4.78, 5) is 15.6. The highest BCUT2D eigenvalue weighted by Crippen LogP contribution is 2.43. The second-order valence-electron chi connectivity index (χ2n) is 14.4. The zero-order valence-electron chi connectivity index (χ0n) is 30.4. The maximum Gasteiger partial charge on any atom is 0.164 e. The van der Waals surface area contributed by atoms with E-state index in [1.165, 1.54) is 62.2 Å². The lowest BCUT2D eigenvalue weighted by molar-refractivity contribution is 1.07. The van der Waals surface area contributed by atoms with Gasteiger partial charge < -0.3 is 4.57 Å². The number of nitrogens with zero attached hydrogens (tertiary/aromatic N) is 4. The summed E-state index contributed by atoms with van der Waals surface area (Å²) in [5, 5.41) is 7.44. The van der Waals surface area contributed by atoms with Gasteiger partial charge in [-0.3, -0.25) is 0 Å². The normalized spacial score (nSPS) is 11.9. The number of hydrogen-bond donors (Lipinski definition) is 0. The van der Waals surface area contributed by atoms with Crippen LogP contribution >= 0.6 is 22.7 Å². The van der Waals surface area contributed by atoms with E-state index in [2.05, 4.69) is 168 Å². The van der Waals surface area contributed by atoms with Crippen LogP contribution in [0.5, 0.6) is 0 Å². The molecule has 4 aromatic heterocycles. The predicted octanol–water partition coefficient (Wildman–Crippen LogP) is 14.4. The molecule has 0 aliphatic carbocycles. The zero-order chi connectivity index (χ0) is 37.5. The van der Waals surface area contributed by atoms with E-state index in [0.29, 0.717) is 17.5 Å². The topological polar surface area (TPSA) is 43.6 Å². The second kappa shape index (κ2) is 12.8. The minimum absolute atomic E-state index is 0.634. The molecule has 0 N–H and O–H groups in total. The van der Waals surface area contributed by atoms with Gasteiger partial charge in [-0.05, 0) is 59.7 Å². The van der Waals surface area contributed by atoms with Crippen molar-refractivity contribution in [3.05, 3.63) is 182 Å². The molecule has 0 radical (unpaired) electrons. The van der Waals surface area contributed by atoms with Crippen molar-refractivity contribution in [2.75, 3.05) is 0 Å². The Balaban J connectivity index is 1.06. The van der Waals surface area contributed by atoms with Crippen LogP contribution in [0.3, 0.4) is 0 Å². The molecule has 12 aromatic rings. The summed E-state index contributed by atoms with van der Waals surface area (Å²) in [6.45, 7) is 0. The fraction of sp³-hybridized carbons (Fsp3) is 0. The van der Waals surface area contributed by atoms with Crippen LogP contribution in [0.1, 0.15) is 0 Å². The van der Waals surface area contributed by atoms with Crippen LogP contribution in [0, 0.1) is 0 Å². The number of benzene rings is 8. The summed E-state index contributed by atoms with van der Waals surface area (Å²) in [7, 11) is 0. The van der Waals surface area contributed by atoms with E-state index in [-0.39, 0.29) is 0 Å². The molecule has 0 amide bonds. The third-order valence-electron chi connectivity index (χ3n) is 11.1. The van der Waals surface area contributed by atoms with Gasteiger partial charge in [0.2, 0.25) is 0 Å². The summed E-state index contributed by atoms with van der Waals surface area (Å²) in [6, 6.07) is 64.9. The molecule has 4 heterocycles. The van der Waals surface area contributed by atoms with Gasteiger partial charge in [0.25, 0.3) is 0 Å². The van der Waals surface area contributed by atoms with Crippen LogP contribution in [0.25, 0.3) is 113 Å². The van der Waals surface area contributed by atoms with Gasteiger partial charge in [0.1, 0.15) is 0 Å². The quantitative estimate of drug-likeness (QED) is 0.175. The van der Waals surface area contributed by atoms with E-state index in [0.717, 1.165) is 33.4 Å². The summed E-state index contributed by atoms with van der Waals surface area (Å²) in [6.07, 6.45) is 0. The first-order valence-corrected chi connectivity index (χ1v) is 20.7. The Morgan fingerprint density at radius 2 is 0.877 bits per heavy atom. The first-order valence-electron chi connectivity index (χ1n) is 19.0. The van der Waals surface area contributed by atoms with Crippen molar-refractivity contribution < 1.29 is 0 Å². The van der Waals surface area contributed by atoms with Crippen molar-refractivity contribution in [1.82, 2.24) is 19.5 Å². The average molecular weight is 763 g/mol. The lowest BCUT2D eigenvalue weighted by Crippen LogP contribution is -2.01. The van der Waals surface area contributed by atoms with Gasteiger partial charge >= 0.3 is 0 Å². The molecule has 0 saturated heterocycles. The van der Waals surface area contributed by atoms with E-state index in [1.54, 1.807) is 11.3 Å². The highest BCUT2D eigenvalue weighted by atomic mass is 32.1. The fourth-order valence-electron chi connectivity index (χ4n) is 8.52. The molecular formula is C51H30N4S2. The maximum absolute atomic E-state index is 5.26. The summed E-state index contributed by atoms with van der Waals surface area (Å²) in [5.74, 6) is 1.94. The molecule has 0 atom stereocenters. The molecule has 0 bridgehead atoms. The zero-order valence-corrected chi connectivity index (χ0v) is 32.1. The van der Waals surface area contributed by atoms with Crippen LogP contribution in [0.2, 0.25) is 0 Å². The molecule has 0 unspecified atom stereocenters. The molecule has 6 heteroatoms. The minimum atomic E-state index is 0.634.